The van der Waals surface area contributed by atoms with E-state index in [1.54, 1.807) is 6.92 Å². The average Bonchev–Trinajstić information content (AvgIpc) is 3.00. The maximum Gasteiger partial charge on any atom is 0.389 e. The van der Waals surface area contributed by atoms with Crippen molar-refractivity contribution in [2.75, 3.05) is 13.2 Å². The Morgan fingerprint density at radius 1 is 0.750 bits per heavy atom. The first-order valence-corrected chi connectivity index (χ1v) is 15.4. The van der Waals surface area contributed by atoms with Gasteiger partial charge in [0.1, 0.15) is 11.5 Å². The molecular formula is C37H43F3O4. The molecule has 7 heteroatoms. The largest absolute Gasteiger partial charge is 0.493 e. The maximum atomic E-state index is 12.2. The second kappa shape index (κ2) is 18.7. The van der Waals surface area contributed by atoms with Crippen LogP contribution in [0, 0.1) is 11.8 Å². The number of carbonyl (C=O) groups is 1. The highest BCUT2D eigenvalue weighted by Gasteiger charge is 2.25. The van der Waals surface area contributed by atoms with E-state index in [4.69, 9.17) is 9.47 Å². The van der Waals surface area contributed by atoms with E-state index in [2.05, 4.69) is 36.1 Å². The summed E-state index contributed by atoms with van der Waals surface area (Å²) in [6.07, 6.45) is 2.15. The van der Waals surface area contributed by atoms with Gasteiger partial charge in [-0.05, 0) is 67.1 Å². The van der Waals surface area contributed by atoms with E-state index in [1.165, 1.54) is 5.56 Å². The topological polar surface area (TPSA) is 55.8 Å². The van der Waals surface area contributed by atoms with Crippen molar-refractivity contribution in [1.82, 2.24) is 0 Å². The normalized spacial score (nSPS) is 12.5. The van der Waals surface area contributed by atoms with Gasteiger partial charge < -0.3 is 14.6 Å². The summed E-state index contributed by atoms with van der Waals surface area (Å²) in [5.41, 5.74) is 3.20. The molecule has 0 aromatic heterocycles. The number of alkyl halides is 3. The van der Waals surface area contributed by atoms with Gasteiger partial charge in [0.15, 0.2) is 0 Å². The first-order valence-electron chi connectivity index (χ1n) is 15.4. The van der Waals surface area contributed by atoms with Gasteiger partial charge in [0.05, 0.1) is 31.5 Å². The molecule has 3 aromatic carbocycles. The predicted molar refractivity (Wildman–Crippen MR) is 168 cm³/mol. The Labute approximate surface area is 259 Å². The predicted octanol–water partition coefficient (Wildman–Crippen LogP) is 9.74. The van der Waals surface area contributed by atoms with Gasteiger partial charge in [-0.3, -0.25) is 4.79 Å². The highest BCUT2D eigenvalue weighted by atomic mass is 19.4. The van der Waals surface area contributed by atoms with Crippen LogP contribution in [0.2, 0.25) is 0 Å². The van der Waals surface area contributed by atoms with Crippen LogP contribution in [0.25, 0.3) is 0 Å². The molecule has 0 saturated carbocycles. The summed E-state index contributed by atoms with van der Waals surface area (Å²) in [6, 6.07) is 25.7. The number of halogens is 3. The fourth-order valence-corrected chi connectivity index (χ4v) is 5.05. The molecular weight excluding hydrogens is 565 g/mol. The van der Waals surface area contributed by atoms with Crippen molar-refractivity contribution >= 4 is 5.97 Å². The monoisotopic (exact) mass is 608 g/mol. The molecule has 0 saturated heterocycles. The third-order valence-electron chi connectivity index (χ3n) is 7.50. The molecule has 0 spiro atoms. The van der Waals surface area contributed by atoms with Gasteiger partial charge in [-0.1, -0.05) is 92.6 Å². The lowest BCUT2D eigenvalue weighted by molar-refractivity contribution is -0.137. The molecule has 0 aliphatic rings. The zero-order chi connectivity index (χ0) is 31.6. The van der Waals surface area contributed by atoms with Gasteiger partial charge in [-0.2, -0.15) is 13.2 Å². The summed E-state index contributed by atoms with van der Waals surface area (Å²) < 4.78 is 48.9. The van der Waals surface area contributed by atoms with E-state index in [1.807, 2.05) is 54.6 Å². The van der Waals surface area contributed by atoms with Crippen LogP contribution in [0.1, 0.15) is 93.2 Å². The van der Waals surface area contributed by atoms with Gasteiger partial charge in [0.25, 0.3) is 0 Å². The van der Waals surface area contributed by atoms with Crippen molar-refractivity contribution in [1.29, 1.82) is 0 Å². The Morgan fingerprint density at radius 3 is 1.84 bits per heavy atom. The standard InChI is InChI=1S/C37H43F3O4/c1-2-13-32(26-36(41)42)31-19-23-35(24-20-31)44-28-33(30-15-10-8-11-16-30)27-43-34-21-17-29(18-22-34)14-9-6-4-3-5-7-12-25-37(38,39)40/h8,10-11,15-24,32-33H,3-7,9,12,14,25-28H2,1H3,(H,41,42). The average molecular weight is 609 g/mol. The molecule has 0 heterocycles. The molecule has 2 atom stereocenters. The highest BCUT2D eigenvalue weighted by Crippen LogP contribution is 2.26. The molecule has 44 heavy (non-hydrogen) atoms. The third kappa shape index (κ3) is 13.6. The van der Waals surface area contributed by atoms with Crippen LogP contribution in [0.15, 0.2) is 78.9 Å². The number of hydrogen-bond acceptors (Lipinski definition) is 3. The summed E-state index contributed by atoms with van der Waals surface area (Å²) in [5, 5.41) is 9.20. The number of hydrogen-bond donors (Lipinski definition) is 1. The van der Waals surface area contributed by atoms with Gasteiger partial charge >= 0.3 is 12.1 Å². The number of aliphatic carboxylic acids is 1. The number of aryl methyl sites for hydroxylation is 1. The van der Waals surface area contributed by atoms with Crippen LogP contribution in [0.4, 0.5) is 13.2 Å². The first-order chi connectivity index (χ1) is 21.2. The lowest BCUT2D eigenvalue weighted by Gasteiger charge is -2.19. The molecule has 3 aromatic rings. The van der Waals surface area contributed by atoms with Crippen LogP contribution >= 0.6 is 0 Å². The maximum absolute atomic E-state index is 12.2. The van der Waals surface area contributed by atoms with E-state index in [-0.39, 0.29) is 24.7 Å². The minimum atomic E-state index is -4.03. The number of benzene rings is 3. The van der Waals surface area contributed by atoms with Gasteiger partial charge in [0.2, 0.25) is 0 Å². The number of rotatable bonds is 19. The molecule has 4 nitrogen and oxygen atoms in total. The molecule has 0 amide bonds. The number of ether oxygens (including phenoxy) is 2. The minimum Gasteiger partial charge on any atom is -0.493 e. The molecule has 1 N–H and O–H groups in total. The van der Waals surface area contributed by atoms with Crippen LogP contribution in [-0.2, 0) is 11.2 Å². The third-order valence-corrected chi connectivity index (χ3v) is 7.50. The summed E-state index contributed by atoms with van der Waals surface area (Å²) in [4.78, 5) is 11.2. The van der Waals surface area contributed by atoms with Crippen LogP contribution in [-0.4, -0.2) is 30.5 Å². The van der Waals surface area contributed by atoms with E-state index in [0.29, 0.717) is 25.4 Å². The zero-order valence-corrected chi connectivity index (χ0v) is 25.5. The Bertz CT molecular complexity index is 1290. The Morgan fingerprint density at radius 2 is 1.30 bits per heavy atom. The van der Waals surface area contributed by atoms with E-state index >= 15 is 0 Å². The van der Waals surface area contributed by atoms with E-state index < -0.39 is 18.6 Å². The molecule has 3 rings (SSSR count). The number of carboxylic acid groups (broad SMARTS) is 1. The van der Waals surface area contributed by atoms with Crippen molar-refractivity contribution in [3.05, 3.63) is 95.6 Å². The summed E-state index contributed by atoms with van der Waals surface area (Å²) in [7, 11) is 0. The summed E-state index contributed by atoms with van der Waals surface area (Å²) in [5.74, 6) is 6.02. The highest BCUT2D eigenvalue weighted by molar-refractivity contribution is 5.69. The van der Waals surface area contributed by atoms with E-state index in [9.17, 15) is 23.1 Å². The van der Waals surface area contributed by atoms with Crippen LogP contribution in [0.5, 0.6) is 11.5 Å². The SMILES string of the molecule is CC#CC(CC(=O)O)c1ccc(OCC(COc2ccc(CCCCCCCCCC(F)(F)F)cc2)c2ccccc2)cc1. The molecule has 2 unspecified atom stereocenters. The fourth-order valence-electron chi connectivity index (χ4n) is 5.05. The number of unbranched alkanes of at least 4 members (excludes halogenated alkanes) is 6. The summed E-state index contributed by atoms with van der Waals surface area (Å²) in [6.45, 7) is 2.56. The fraction of sp³-hybridized carbons (Fsp3) is 0.432. The zero-order valence-electron chi connectivity index (χ0n) is 25.5. The molecule has 0 aliphatic carbocycles. The molecule has 0 aliphatic heterocycles. The molecule has 0 bridgehead atoms. The second-order valence-corrected chi connectivity index (χ2v) is 11.1. The lowest BCUT2D eigenvalue weighted by atomic mass is 9.96. The second-order valence-electron chi connectivity index (χ2n) is 11.1. The molecule has 0 fully saturated rings. The van der Waals surface area contributed by atoms with Crippen molar-refractivity contribution in [3.63, 3.8) is 0 Å². The summed E-state index contributed by atoms with van der Waals surface area (Å²) >= 11 is 0. The first kappa shape index (κ1) is 34.6. The van der Waals surface area contributed by atoms with Crippen LogP contribution in [0.3, 0.4) is 0 Å². The van der Waals surface area contributed by atoms with Gasteiger partial charge in [0, 0.05) is 6.42 Å². The Kier molecular flexibility index (Phi) is 14.7. The smallest absolute Gasteiger partial charge is 0.389 e. The lowest BCUT2D eigenvalue weighted by Crippen LogP contribution is -2.18. The quantitative estimate of drug-likeness (QED) is 0.109. The van der Waals surface area contributed by atoms with Crippen LogP contribution < -0.4 is 9.47 Å². The van der Waals surface area contributed by atoms with Crippen molar-refractivity contribution < 1.29 is 32.5 Å². The van der Waals surface area contributed by atoms with E-state index in [0.717, 1.165) is 55.4 Å². The van der Waals surface area contributed by atoms with Crippen molar-refractivity contribution in [2.24, 2.45) is 0 Å². The molecule has 0 radical (unpaired) electrons. The molecule has 236 valence electrons. The van der Waals surface area contributed by atoms with Crippen molar-refractivity contribution in [3.8, 4) is 23.3 Å². The number of carboxylic acids is 1. The minimum absolute atomic E-state index is 0.00488. The Hall–Kier alpha value is -3.92. The van der Waals surface area contributed by atoms with Crippen molar-refractivity contribution in [2.45, 2.75) is 89.1 Å². The van der Waals surface area contributed by atoms with Gasteiger partial charge in [-0.15, -0.1) is 5.92 Å². The Balaban J connectivity index is 1.44. The van der Waals surface area contributed by atoms with Gasteiger partial charge in [-0.25, -0.2) is 0 Å².